The zero-order chi connectivity index (χ0) is 16.9. The Kier molecular flexibility index (Phi) is 6.06. The van der Waals surface area contributed by atoms with E-state index in [1.807, 2.05) is 0 Å². The van der Waals surface area contributed by atoms with E-state index in [4.69, 9.17) is 27.9 Å². The summed E-state index contributed by atoms with van der Waals surface area (Å²) in [7, 11) is -2.15. The van der Waals surface area contributed by atoms with Gasteiger partial charge in [0.05, 0.1) is 33.4 Å². The van der Waals surface area contributed by atoms with Crippen LogP contribution in [0.2, 0.25) is 10.0 Å². The fraction of sp³-hybridized carbons (Fsp3) is 0.214. The molecule has 9 heteroatoms. The molecule has 1 heterocycles. The summed E-state index contributed by atoms with van der Waals surface area (Å²) < 4.78 is 31.9. The van der Waals surface area contributed by atoms with Crippen LogP contribution >= 0.6 is 23.2 Å². The number of hydrogen-bond donors (Lipinski definition) is 2. The number of nitrogens with zero attached hydrogens (tertiary/aromatic N) is 1. The summed E-state index contributed by atoms with van der Waals surface area (Å²) in [4.78, 5) is 4.14. The minimum absolute atomic E-state index is 0.0224. The van der Waals surface area contributed by atoms with E-state index in [-0.39, 0.29) is 9.92 Å². The van der Waals surface area contributed by atoms with Crippen LogP contribution in [0.25, 0.3) is 0 Å². The molecule has 0 unspecified atom stereocenters. The third-order valence-corrected chi connectivity index (χ3v) is 4.95. The first-order valence-electron chi connectivity index (χ1n) is 6.59. The molecular weight excluding hydrogens is 361 g/mol. The second-order valence-corrected chi connectivity index (χ2v) is 7.03. The fourth-order valence-electron chi connectivity index (χ4n) is 1.70. The van der Waals surface area contributed by atoms with Gasteiger partial charge in [-0.2, -0.15) is 0 Å². The third-order valence-electron chi connectivity index (χ3n) is 2.83. The Hall–Kier alpha value is -1.54. The van der Waals surface area contributed by atoms with Gasteiger partial charge in [-0.15, -0.1) is 0 Å². The van der Waals surface area contributed by atoms with Gasteiger partial charge in [0.15, 0.2) is 0 Å². The minimum atomic E-state index is -3.76. The predicted molar refractivity (Wildman–Crippen MR) is 91.9 cm³/mol. The molecule has 0 bridgehead atoms. The summed E-state index contributed by atoms with van der Waals surface area (Å²) in [5.74, 6) is 0.625. The zero-order valence-electron chi connectivity index (χ0n) is 12.2. The van der Waals surface area contributed by atoms with E-state index in [1.54, 1.807) is 19.2 Å². The van der Waals surface area contributed by atoms with Crippen molar-refractivity contribution in [3.63, 3.8) is 0 Å². The molecule has 2 N–H and O–H groups in total. The van der Waals surface area contributed by atoms with Crippen molar-refractivity contribution < 1.29 is 13.2 Å². The largest absolute Gasteiger partial charge is 0.383 e. The first-order chi connectivity index (χ1) is 10.9. The summed E-state index contributed by atoms with van der Waals surface area (Å²) in [6.45, 7) is 1.16. The van der Waals surface area contributed by atoms with Crippen LogP contribution in [0, 0.1) is 0 Å². The van der Waals surface area contributed by atoms with E-state index in [0.29, 0.717) is 29.7 Å². The molecule has 1 aromatic carbocycles. The van der Waals surface area contributed by atoms with Crippen molar-refractivity contribution in [3.8, 4) is 0 Å². The molecule has 2 aromatic rings. The number of ether oxygens (including phenoxy) is 1. The molecule has 2 rings (SSSR count). The van der Waals surface area contributed by atoms with Gasteiger partial charge in [0.25, 0.3) is 10.0 Å². The van der Waals surface area contributed by atoms with Crippen LogP contribution in [0.1, 0.15) is 0 Å². The van der Waals surface area contributed by atoms with Gasteiger partial charge in [-0.1, -0.05) is 23.2 Å². The quantitative estimate of drug-likeness (QED) is 0.726. The molecule has 0 amide bonds. The van der Waals surface area contributed by atoms with Crippen molar-refractivity contribution in [2.75, 3.05) is 30.3 Å². The van der Waals surface area contributed by atoms with Crippen LogP contribution in [-0.2, 0) is 14.8 Å². The standard InChI is InChI=1S/C14H15Cl2N3O3S/c1-22-7-6-17-14-5-2-10(9-18-14)19-23(20,21)11-3-4-12(15)13(16)8-11/h2-5,8-9,19H,6-7H2,1H3,(H,17,18). The number of methoxy groups -OCH3 is 1. The number of benzene rings is 1. The summed E-state index contributed by atoms with van der Waals surface area (Å²) in [6, 6.07) is 7.38. The Bertz CT molecular complexity index is 767. The van der Waals surface area contributed by atoms with Crippen molar-refractivity contribution in [1.82, 2.24) is 4.98 Å². The lowest BCUT2D eigenvalue weighted by molar-refractivity contribution is 0.210. The van der Waals surface area contributed by atoms with E-state index in [1.165, 1.54) is 24.4 Å². The molecule has 0 radical (unpaired) electrons. The highest BCUT2D eigenvalue weighted by atomic mass is 35.5. The molecule has 124 valence electrons. The van der Waals surface area contributed by atoms with E-state index in [9.17, 15) is 8.42 Å². The highest BCUT2D eigenvalue weighted by Gasteiger charge is 2.15. The molecule has 6 nitrogen and oxygen atoms in total. The topological polar surface area (TPSA) is 80.3 Å². The second kappa shape index (κ2) is 7.83. The average molecular weight is 376 g/mol. The van der Waals surface area contributed by atoms with Crippen molar-refractivity contribution in [2.45, 2.75) is 4.90 Å². The lowest BCUT2D eigenvalue weighted by Crippen LogP contribution is -2.13. The zero-order valence-corrected chi connectivity index (χ0v) is 14.5. The Morgan fingerprint density at radius 3 is 2.57 bits per heavy atom. The van der Waals surface area contributed by atoms with Gasteiger partial charge in [0.2, 0.25) is 0 Å². The molecule has 23 heavy (non-hydrogen) atoms. The van der Waals surface area contributed by atoms with Crippen LogP contribution in [0.3, 0.4) is 0 Å². The SMILES string of the molecule is COCCNc1ccc(NS(=O)(=O)c2ccc(Cl)c(Cl)c2)cn1. The van der Waals surface area contributed by atoms with Crippen LogP contribution in [0.4, 0.5) is 11.5 Å². The van der Waals surface area contributed by atoms with Gasteiger partial charge in [-0.3, -0.25) is 4.72 Å². The molecular formula is C14H15Cl2N3O3S. The lowest BCUT2D eigenvalue weighted by Gasteiger charge is -2.10. The molecule has 0 saturated heterocycles. The number of rotatable bonds is 7. The third kappa shape index (κ3) is 4.97. The molecule has 0 spiro atoms. The molecule has 0 atom stereocenters. The first-order valence-corrected chi connectivity index (χ1v) is 8.83. The van der Waals surface area contributed by atoms with Gasteiger partial charge in [0.1, 0.15) is 5.82 Å². The number of aromatic nitrogens is 1. The van der Waals surface area contributed by atoms with Crippen molar-refractivity contribution >= 4 is 44.7 Å². The second-order valence-electron chi connectivity index (χ2n) is 4.53. The maximum absolute atomic E-state index is 12.3. The minimum Gasteiger partial charge on any atom is -0.383 e. The Morgan fingerprint density at radius 2 is 1.96 bits per heavy atom. The summed E-state index contributed by atoms with van der Waals surface area (Å²) in [5.41, 5.74) is 0.341. The van der Waals surface area contributed by atoms with Gasteiger partial charge < -0.3 is 10.1 Å². The predicted octanol–water partition coefficient (Wildman–Crippen LogP) is 3.25. The summed E-state index contributed by atoms with van der Waals surface area (Å²) in [6.07, 6.45) is 1.42. The first kappa shape index (κ1) is 17.8. The van der Waals surface area contributed by atoms with E-state index in [2.05, 4.69) is 15.0 Å². The summed E-state index contributed by atoms with van der Waals surface area (Å²) >= 11 is 11.6. The van der Waals surface area contributed by atoms with Crippen LogP contribution in [-0.4, -0.2) is 33.7 Å². The normalized spacial score (nSPS) is 11.3. The number of anilines is 2. The van der Waals surface area contributed by atoms with Crippen LogP contribution in [0.5, 0.6) is 0 Å². The highest BCUT2D eigenvalue weighted by molar-refractivity contribution is 7.92. The van der Waals surface area contributed by atoms with Gasteiger partial charge in [-0.05, 0) is 30.3 Å². The van der Waals surface area contributed by atoms with Gasteiger partial charge >= 0.3 is 0 Å². The fourth-order valence-corrected chi connectivity index (χ4v) is 3.13. The maximum Gasteiger partial charge on any atom is 0.261 e. The van der Waals surface area contributed by atoms with E-state index in [0.717, 1.165) is 0 Å². The lowest BCUT2D eigenvalue weighted by atomic mass is 10.4. The molecule has 0 aliphatic heterocycles. The number of nitrogens with one attached hydrogen (secondary N) is 2. The van der Waals surface area contributed by atoms with Crippen molar-refractivity contribution in [3.05, 3.63) is 46.6 Å². The molecule has 0 aliphatic rings. The van der Waals surface area contributed by atoms with Gasteiger partial charge in [-0.25, -0.2) is 13.4 Å². The number of sulfonamides is 1. The number of pyridine rings is 1. The van der Waals surface area contributed by atoms with Crippen molar-refractivity contribution in [2.24, 2.45) is 0 Å². The molecule has 0 fully saturated rings. The molecule has 0 aliphatic carbocycles. The average Bonchev–Trinajstić information content (AvgIpc) is 2.51. The van der Waals surface area contributed by atoms with E-state index >= 15 is 0 Å². The Labute approximate surface area is 144 Å². The van der Waals surface area contributed by atoms with Crippen molar-refractivity contribution in [1.29, 1.82) is 0 Å². The molecule has 0 saturated carbocycles. The monoisotopic (exact) mass is 375 g/mol. The maximum atomic E-state index is 12.3. The van der Waals surface area contributed by atoms with Crippen LogP contribution in [0.15, 0.2) is 41.4 Å². The van der Waals surface area contributed by atoms with E-state index < -0.39 is 10.0 Å². The number of halogens is 2. The number of hydrogen-bond acceptors (Lipinski definition) is 5. The molecule has 1 aromatic heterocycles. The van der Waals surface area contributed by atoms with Crippen LogP contribution < -0.4 is 10.0 Å². The Balaban J connectivity index is 2.09. The highest BCUT2D eigenvalue weighted by Crippen LogP contribution is 2.26. The summed E-state index contributed by atoms with van der Waals surface area (Å²) in [5, 5.41) is 3.50. The van der Waals surface area contributed by atoms with Gasteiger partial charge in [0, 0.05) is 13.7 Å². The Morgan fingerprint density at radius 1 is 1.17 bits per heavy atom. The smallest absolute Gasteiger partial charge is 0.261 e.